The summed E-state index contributed by atoms with van der Waals surface area (Å²) in [5, 5.41) is 10.3. The molecule has 5 atom stereocenters. The average Bonchev–Trinajstić information content (AvgIpc) is 3.50. The van der Waals surface area contributed by atoms with E-state index in [0.717, 1.165) is 50.9 Å². The zero-order valence-corrected chi connectivity index (χ0v) is 19.7. The quantitative estimate of drug-likeness (QED) is 0.514. The Bertz CT molecular complexity index is 994. The molecule has 3 aliphatic rings. The first kappa shape index (κ1) is 23.0. The molecule has 1 aromatic heterocycles. The molecule has 4 N–H and O–H groups in total. The number of piperidine rings is 1. The van der Waals surface area contributed by atoms with E-state index in [4.69, 9.17) is 0 Å². The molecule has 9 heteroatoms. The number of carbonyl (C=O) groups is 2. The highest BCUT2D eigenvalue weighted by molar-refractivity contribution is 5.92. The summed E-state index contributed by atoms with van der Waals surface area (Å²) in [6.45, 7) is 2.51. The van der Waals surface area contributed by atoms with Gasteiger partial charge in [0.15, 0.2) is 0 Å². The van der Waals surface area contributed by atoms with Crippen LogP contribution in [0.3, 0.4) is 0 Å². The molecule has 34 heavy (non-hydrogen) atoms. The maximum absolute atomic E-state index is 13.1. The Kier molecular flexibility index (Phi) is 6.94. The van der Waals surface area contributed by atoms with E-state index in [1.807, 2.05) is 29.1 Å². The molecule has 1 aliphatic carbocycles. The van der Waals surface area contributed by atoms with Gasteiger partial charge in [-0.1, -0.05) is 30.3 Å². The van der Waals surface area contributed by atoms with Crippen molar-refractivity contribution in [1.29, 1.82) is 0 Å². The van der Waals surface area contributed by atoms with Gasteiger partial charge >= 0.3 is 0 Å². The number of rotatable bonds is 6. The standard InChI is InChI=1S/C25H35N7O2/c1-26-25(34)23-21-10-9-20(12-22(21)29-30-23)31-11-5-8-18(15-31)24(33)28-19-13-27-32(16-19)14-17-6-3-2-4-7-17/h2-4,6-7,13,16,18,20-23,29-30H,5,8-12,14-15H2,1H3,(H,26,34)(H,28,33). The summed E-state index contributed by atoms with van der Waals surface area (Å²) >= 11 is 0. The highest BCUT2D eigenvalue weighted by Crippen LogP contribution is 2.34. The number of hydrazine groups is 1. The molecule has 5 unspecified atom stereocenters. The van der Waals surface area contributed by atoms with Crippen LogP contribution in [0.5, 0.6) is 0 Å². The Balaban J connectivity index is 1.14. The van der Waals surface area contributed by atoms with Crippen LogP contribution in [0.1, 0.15) is 37.7 Å². The molecule has 0 spiro atoms. The summed E-state index contributed by atoms with van der Waals surface area (Å²) in [4.78, 5) is 27.7. The first-order valence-electron chi connectivity index (χ1n) is 12.4. The van der Waals surface area contributed by atoms with Crippen LogP contribution in [0, 0.1) is 11.8 Å². The maximum Gasteiger partial charge on any atom is 0.238 e. The summed E-state index contributed by atoms with van der Waals surface area (Å²) in [5.74, 6) is 0.447. The van der Waals surface area contributed by atoms with Gasteiger partial charge in [0.05, 0.1) is 24.3 Å². The van der Waals surface area contributed by atoms with Crippen molar-refractivity contribution in [3.63, 3.8) is 0 Å². The number of fused-ring (bicyclic) bond motifs is 1. The third-order valence-corrected chi connectivity index (χ3v) is 7.69. The molecule has 182 valence electrons. The topological polar surface area (TPSA) is 103 Å². The van der Waals surface area contributed by atoms with Crippen molar-refractivity contribution < 1.29 is 9.59 Å². The number of hydrogen-bond donors (Lipinski definition) is 4. The van der Waals surface area contributed by atoms with Crippen molar-refractivity contribution in [3.8, 4) is 0 Å². The summed E-state index contributed by atoms with van der Waals surface area (Å²) in [7, 11) is 1.69. The average molecular weight is 466 g/mol. The van der Waals surface area contributed by atoms with E-state index in [0.29, 0.717) is 24.5 Å². The zero-order chi connectivity index (χ0) is 23.5. The molecule has 9 nitrogen and oxygen atoms in total. The van der Waals surface area contributed by atoms with Crippen molar-refractivity contribution >= 4 is 17.5 Å². The smallest absolute Gasteiger partial charge is 0.238 e. The van der Waals surface area contributed by atoms with Crippen LogP contribution < -0.4 is 21.5 Å². The molecule has 2 aliphatic heterocycles. The number of nitrogens with one attached hydrogen (secondary N) is 4. The Labute approximate surface area is 200 Å². The summed E-state index contributed by atoms with van der Waals surface area (Å²) < 4.78 is 1.85. The van der Waals surface area contributed by atoms with Gasteiger partial charge in [0, 0.05) is 37.8 Å². The largest absolute Gasteiger partial charge is 0.358 e. The van der Waals surface area contributed by atoms with E-state index < -0.39 is 0 Å². The van der Waals surface area contributed by atoms with Crippen molar-refractivity contribution in [1.82, 2.24) is 30.8 Å². The molecule has 2 saturated heterocycles. The van der Waals surface area contributed by atoms with Crippen LogP contribution in [0.15, 0.2) is 42.7 Å². The van der Waals surface area contributed by atoms with Gasteiger partial charge in [-0.15, -0.1) is 0 Å². The number of hydrogen-bond acceptors (Lipinski definition) is 6. The minimum atomic E-state index is -0.154. The Morgan fingerprint density at radius 1 is 1.12 bits per heavy atom. The molecule has 1 aromatic carbocycles. The van der Waals surface area contributed by atoms with E-state index in [9.17, 15) is 9.59 Å². The van der Waals surface area contributed by atoms with Gasteiger partial charge in [0.2, 0.25) is 11.8 Å². The highest BCUT2D eigenvalue weighted by Gasteiger charge is 2.44. The van der Waals surface area contributed by atoms with E-state index in [1.54, 1.807) is 13.2 Å². The minimum Gasteiger partial charge on any atom is -0.358 e. The van der Waals surface area contributed by atoms with Crippen molar-refractivity contribution in [2.75, 3.05) is 25.5 Å². The lowest BCUT2D eigenvalue weighted by Crippen LogP contribution is -2.51. The second-order valence-electron chi connectivity index (χ2n) is 9.85. The van der Waals surface area contributed by atoms with E-state index in [2.05, 4.69) is 43.6 Å². The number of carbonyl (C=O) groups excluding carboxylic acids is 2. The van der Waals surface area contributed by atoms with Crippen LogP contribution in [0.2, 0.25) is 0 Å². The zero-order valence-electron chi connectivity index (χ0n) is 19.7. The molecule has 0 bridgehead atoms. The van der Waals surface area contributed by atoms with Crippen LogP contribution in [-0.2, 0) is 16.1 Å². The van der Waals surface area contributed by atoms with Gasteiger partial charge < -0.3 is 10.6 Å². The molecule has 3 heterocycles. The Morgan fingerprint density at radius 2 is 1.97 bits per heavy atom. The number of amides is 2. The minimum absolute atomic E-state index is 0.0165. The number of benzene rings is 1. The van der Waals surface area contributed by atoms with Gasteiger partial charge in [0.25, 0.3) is 0 Å². The molecule has 1 saturated carbocycles. The van der Waals surface area contributed by atoms with Crippen molar-refractivity contribution in [2.45, 2.75) is 56.8 Å². The number of likely N-dealkylation sites (N-methyl/N-ethyl adjacent to an activating group) is 1. The SMILES string of the molecule is CNC(=O)C1NNC2CC(N3CCCC(C(=O)Nc4cnn(Cc5ccccc5)c4)C3)CCC21. The van der Waals surface area contributed by atoms with Crippen LogP contribution in [-0.4, -0.2) is 64.8 Å². The first-order valence-corrected chi connectivity index (χ1v) is 12.4. The lowest BCUT2D eigenvalue weighted by atomic mass is 9.78. The first-order chi connectivity index (χ1) is 16.6. The third-order valence-electron chi connectivity index (χ3n) is 7.69. The second-order valence-corrected chi connectivity index (χ2v) is 9.85. The number of likely N-dealkylation sites (tertiary alicyclic amines) is 1. The Hall–Kier alpha value is -2.75. The predicted molar refractivity (Wildman–Crippen MR) is 130 cm³/mol. The second kappa shape index (κ2) is 10.2. The normalized spacial score (nSPS) is 29.4. The van der Waals surface area contributed by atoms with Crippen molar-refractivity contribution in [3.05, 3.63) is 48.3 Å². The van der Waals surface area contributed by atoms with E-state index in [1.165, 1.54) is 5.56 Å². The van der Waals surface area contributed by atoms with Gasteiger partial charge in [-0.05, 0) is 44.2 Å². The van der Waals surface area contributed by atoms with Crippen LogP contribution in [0.25, 0.3) is 0 Å². The number of aromatic nitrogens is 2. The monoisotopic (exact) mass is 465 g/mol. The summed E-state index contributed by atoms with van der Waals surface area (Å²) in [6, 6.07) is 10.8. The molecule has 3 fully saturated rings. The molecular weight excluding hydrogens is 430 g/mol. The predicted octanol–water partition coefficient (Wildman–Crippen LogP) is 1.34. The molecule has 5 rings (SSSR count). The van der Waals surface area contributed by atoms with Gasteiger partial charge in [-0.2, -0.15) is 5.10 Å². The lowest BCUT2D eigenvalue weighted by molar-refractivity contribution is -0.124. The molecule has 0 radical (unpaired) electrons. The lowest BCUT2D eigenvalue weighted by Gasteiger charge is -2.42. The fraction of sp³-hybridized carbons (Fsp3) is 0.560. The highest BCUT2D eigenvalue weighted by atomic mass is 16.2. The summed E-state index contributed by atoms with van der Waals surface area (Å²) in [5.41, 5.74) is 8.47. The maximum atomic E-state index is 13.1. The van der Waals surface area contributed by atoms with Crippen LogP contribution in [0.4, 0.5) is 5.69 Å². The fourth-order valence-electron chi connectivity index (χ4n) is 5.87. The number of nitrogens with zero attached hydrogens (tertiary/aromatic N) is 3. The van der Waals surface area contributed by atoms with Gasteiger partial charge in [-0.25, -0.2) is 5.43 Å². The fourth-order valence-corrected chi connectivity index (χ4v) is 5.87. The van der Waals surface area contributed by atoms with E-state index in [-0.39, 0.29) is 23.8 Å². The summed E-state index contributed by atoms with van der Waals surface area (Å²) in [6.07, 6.45) is 8.66. The number of anilines is 1. The van der Waals surface area contributed by atoms with Crippen molar-refractivity contribution in [2.24, 2.45) is 11.8 Å². The third kappa shape index (κ3) is 5.01. The molecule has 2 aromatic rings. The van der Waals surface area contributed by atoms with Gasteiger partial charge in [0.1, 0.15) is 6.04 Å². The van der Waals surface area contributed by atoms with Gasteiger partial charge in [-0.3, -0.25) is 24.6 Å². The Morgan fingerprint density at radius 3 is 2.79 bits per heavy atom. The molecular formula is C25H35N7O2. The van der Waals surface area contributed by atoms with Crippen LogP contribution >= 0.6 is 0 Å². The van der Waals surface area contributed by atoms with E-state index >= 15 is 0 Å². The molecule has 2 amide bonds.